The number of methoxy groups -OCH3 is 1. The molecule has 0 aliphatic carbocycles. The van der Waals surface area contributed by atoms with Crippen LogP contribution in [0.3, 0.4) is 0 Å². The number of carbonyl (C=O) groups excluding carboxylic acids is 1. The second-order valence-electron chi connectivity index (χ2n) is 2.98. The quantitative estimate of drug-likeness (QED) is 0.463. The van der Waals surface area contributed by atoms with Gasteiger partial charge in [0.1, 0.15) is 0 Å². The van der Waals surface area contributed by atoms with Gasteiger partial charge in [0.2, 0.25) is 0 Å². The lowest BCUT2D eigenvalue weighted by atomic mass is 10.2. The first-order valence-electron chi connectivity index (χ1n) is 4.61. The SMILES string of the molecule is C=C(C(=O)OC)C(C)O.O=C(O)CCC(=O)O. The highest BCUT2D eigenvalue weighted by Crippen LogP contribution is 1.98. The van der Waals surface area contributed by atoms with Crippen molar-refractivity contribution in [2.24, 2.45) is 0 Å². The predicted octanol–water partition coefficient (Wildman–Crippen LogP) is 0.0322. The molecule has 0 amide bonds. The zero-order valence-electron chi connectivity index (χ0n) is 9.67. The molecule has 98 valence electrons. The van der Waals surface area contributed by atoms with Gasteiger partial charge in [-0.3, -0.25) is 9.59 Å². The van der Waals surface area contributed by atoms with Gasteiger partial charge in [0, 0.05) is 0 Å². The van der Waals surface area contributed by atoms with Crippen molar-refractivity contribution in [3.63, 3.8) is 0 Å². The first-order valence-corrected chi connectivity index (χ1v) is 4.61. The number of carbonyl (C=O) groups is 3. The Balaban J connectivity index is 0. The molecular weight excluding hydrogens is 232 g/mol. The highest BCUT2D eigenvalue weighted by Gasteiger charge is 2.10. The minimum Gasteiger partial charge on any atom is -0.481 e. The monoisotopic (exact) mass is 248 g/mol. The first kappa shape index (κ1) is 17.5. The van der Waals surface area contributed by atoms with Gasteiger partial charge >= 0.3 is 17.9 Å². The number of ether oxygens (including phenoxy) is 1. The summed E-state index contributed by atoms with van der Waals surface area (Å²) in [5, 5.41) is 24.5. The number of carboxylic acid groups (broad SMARTS) is 2. The molecule has 0 aliphatic rings. The van der Waals surface area contributed by atoms with E-state index in [2.05, 4.69) is 11.3 Å². The number of hydrogen-bond donors (Lipinski definition) is 3. The van der Waals surface area contributed by atoms with E-state index in [1.807, 2.05) is 0 Å². The molecule has 0 aliphatic heterocycles. The van der Waals surface area contributed by atoms with Gasteiger partial charge < -0.3 is 20.1 Å². The van der Waals surface area contributed by atoms with Crippen LogP contribution < -0.4 is 0 Å². The van der Waals surface area contributed by atoms with E-state index in [1.165, 1.54) is 14.0 Å². The number of esters is 1. The number of aliphatic hydroxyl groups excluding tert-OH is 1. The van der Waals surface area contributed by atoms with Crippen LogP contribution in [-0.4, -0.2) is 46.4 Å². The van der Waals surface area contributed by atoms with Crippen molar-refractivity contribution in [1.82, 2.24) is 0 Å². The Morgan fingerprint density at radius 1 is 1.18 bits per heavy atom. The molecule has 0 bridgehead atoms. The molecule has 0 aromatic rings. The van der Waals surface area contributed by atoms with E-state index in [0.29, 0.717) is 0 Å². The third kappa shape index (κ3) is 12.0. The number of hydrogen-bond acceptors (Lipinski definition) is 5. The summed E-state index contributed by atoms with van der Waals surface area (Å²) in [5.41, 5.74) is 0.0810. The van der Waals surface area contributed by atoms with Crippen LogP contribution in [0.25, 0.3) is 0 Å². The van der Waals surface area contributed by atoms with Crippen LogP contribution in [0.1, 0.15) is 19.8 Å². The van der Waals surface area contributed by atoms with Crippen molar-refractivity contribution in [3.8, 4) is 0 Å². The zero-order chi connectivity index (χ0) is 14.0. The summed E-state index contributed by atoms with van der Waals surface area (Å²) >= 11 is 0. The Bertz CT molecular complexity index is 279. The van der Waals surface area contributed by atoms with Crippen LogP contribution in [0.5, 0.6) is 0 Å². The van der Waals surface area contributed by atoms with Crippen LogP contribution in [-0.2, 0) is 19.1 Å². The molecule has 7 heteroatoms. The van der Waals surface area contributed by atoms with Gasteiger partial charge in [-0.2, -0.15) is 0 Å². The molecule has 0 fully saturated rings. The maximum atomic E-state index is 10.5. The summed E-state index contributed by atoms with van der Waals surface area (Å²) in [6, 6.07) is 0. The average molecular weight is 248 g/mol. The molecule has 0 spiro atoms. The van der Waals surface area contributed by atoms with Gasteiger partial charge in [-0.05, 0) is 6.92 Å². The van der Waals surface area contributed by atoms with Crippen molar-refractivity contribution < 1.29 is 34.4 Å². The largest absolute Gasteiger partial charge is 0.481 e. The van der Waals surface area contributed by atoms with E-state index in [4.69, 9.17) is 15.3 Å². The summed E-state index contributed by atoms with van der Waals surface area (Å²) in [6.45, 7) is 4.76. The number of aliphatic hydroxyl groups is 1. The van der Waals surface area contributed by atoms with Crippen LogP contribution in [0, 0.1) is 0 Å². The summed E-state index contributed by atoms with van der Waals surface area (Å²) in [7, 11) is 1.25. The Hall–Kier alpha value is -1.89. The van der Waals surface area contributed by atoms with Gasteiger partial charge in [0.05, 0.1) is 31.6 Å². The van der Waals surface area contributed by atoms with Gasteiger partial charge in [-0.15, -0.1) is 0 Å². The topological polar surface area (TPSA) is 121 Å². The predicted molar refractivity (Wildman–Crippen MR) is 57.3 cm³/mol. The molecule has 0 aromatic heterocycles. The molecule has 1 unspecified atom stereocenters. The lowest BCUT2D eigenvalue weighted by Crippen LogP contribution is -2.14. The molecule has 3 N–H and O–H groups in total. The molecule has 7 nitrogen and oxygen atoms in total. The molecule has 0 saturated heterocycles. The highest BCUT2D eigenvalue weighted by atomic mass is 16.5. The summed E-state index contributed by atoms with van der Waals surface area (Å²) in [6.07, 6.45) is -1.41. The Kier molecular flexibility index (Phi) is 9.62. The molecular formula is C10H16O7. The van der Waals surface area contributed by atoms with Gasteiger partial charge in [-0.1, -0.05) is 6.58 Å². The Morgan fingerprint density at radius 2 is 1.53 bits per heavy atom. The molecule has 0 aromatic carbocycles. The summed E-state index contributed by atoms with van der Waals surface area (Å²) in [4.78, 5) is 29.8. The molecule has 0 radical (unpaired) electrons. The third-order valence-corrected chi connectivity index (χ3v) is 1.50. The molecule has 0 heterocycles. The molecule has 1 atom stereocenters. The van der Waals surface area contributed by atoms with E-state index in [0.717, 1.165) is 0 Å². The standard InChI is InChI=1S/C6H10O3.C4H6O4/c1-4(5(2)7)6(8)9-3;5-3(6)1-2-4(7)8/h5,7H,1H2,2-3H3;1-2H2,(H,5,6)(H,7,8). The van der Waals surface area contributed by atoms with Gasteiger partial charge in [0.25, 0.3) is 0 Å². The van der Waals surface area contributed by atoms with Crippen LogP contribution in [0.4, 0.5) is 0 Å². The van der Waals surface area contributed by atoms with Gasteiger partial charge in [0.15, 0.2) is 0 Å². The van der Waals surface area contributed by atoms with E-state index in [-0.39, 0.29) is 18.4 Å². The highest BCUT2D eigenvalue weighted by molar-refractivity contribution is 5.88. The second-order valence-corrected chi connectivity index (χ2v) is 2.98. The summed E-state index contributed by atoms with van der Waals surface area (Å²) in [5.74, 6) is -2.72. The van der Waals surface area contributed by atoms with E-state index in [1.54, 1.807) is 0 Å². The van der Waals surface area contributed by atoms with Crippen LogP contribution in [0.15, 0.2) is 12.2 Å². The maximum Gasteiger partial charge on any atom is 0.335 e. The first-order chi connectivity index (χ1) is 7.72. The molecule has 17 heavy (non-hydrogen) atoms. The second kappa shape index (κ2) is 9.34. The van der Waals surface area contributed by atoms with Gasteiger partial charge in [-0.25, -0.2) is 4.79 Å². The average Bonchev–Trinajstić information content (AvgIpc) is 2.24. The number of carboxylic acids is 2. The fraction of sp³-hybridized carbons (Fsp3) is 0.500. The minimum atomic E-state index is -1.08. The third-order valence-electron chi connectivity index (χ3n) is 1.50. The lowest BCUT2D eigenvalue weighted by Gasteiger charge is -2.03. The van der Waals surface area contributed by atoms with Crippen molar-refractivity contribution in [3.05, 3.63) is 12.2 Å². The molecule has 0 rings (SSSR count). The Morgan fingerprint density at radius 3 is 1.65 bits per heavy atom. The zero-order valence-corrected chi connectivity index (χ0v) is 9.67. The normalized spacial score (nSPS) is 10.5. The van der Waals surface area contributed by atoms with E-state index >= 15 is 0 Å². The lowest BCUT2D eigenvalue weighted by molar-refractivity contribution is -0.143. The summed E-state index contributed by atoms with van der Waals surface area (Å²) < 4.78 is 4.27. The maximum absolute atomic E-state index is 10.5. The van der Waals surface area contributed by atoms with E-state index in [9.17, 15) is 14.4 Å². The number of rotatable bonds is 5. The fourth-order valence-corrected chi connectivity index (χ4v) is 0.516. The van der Waals surface area contributed by atoms with E-state index < -0.39 is 24.0 Å². The van der Waals surface area contributed by atoms with Crippen molar-refractivity contribution in [1.29, 1.82) is 0 Å². The van der Waals surface area contributed by atoms with Crippen LogP contribution in [0.2, 0.25) is 0 Å². The van der Waals surface area contributed by atoms with Crippen LogP contribution >= 0.6 is 0 Å². The van der Waals surface area contributed by atoms with Crippen molar-refractivity contribution >= 4 is 17.9 Å². The van der Waals surface area contributed by atoms with Crippen molar-refractivity contribution in [2.45, 2.75) is 25.9 Å². The smallest absolute Gasteiger partial charge is 0.335 e. The minimum absolute atomic E-state index is 0.0810. The van der Waals surface area contributed by atoms with Crippen molar-refractivity contribution in [2.75, 3.05) is 7.11 Å². The Labute approximate surface area is 98.3 Å². The fourth-order valence-electron chi connectivity index (χ4n) is 0.516. The molecule has 0 saturated carbocycles. The number of aliphatic carboxylic acids is 2.